The Kier molecular flexibility index (Phi) is 6.18. The summed E-state index contributed by atoms with van der Waals surface area (Å²) in [5.41, 5.74) is 3.62. The molecule has 1 aliphatic rings. The predicted molar refractivity (Wildman–Crippen MR) is 117 cm³/mol. The Morgan fingerprint density at radius 2 is 1.87 bits per heavy atom. The number of anilines is 1. The van der Waals surface area contributed by atoms with Gasteiger partial charge in [0, 0.05) is 43.7 Å². The van der Waals surface area contributed by atoms with E-state index in [1.165, 1.54) is 6.07 Å². The van der Waals surface area contributed by atoms with Gasteiger partial charge in [0.1, 0.15) is 5.69 Å². The van der Waals surface area contributed by atoms with E-state index >= 15 is 0 Å². The SMILES string of the molecule is O=C(c1ccc(NCc2ccc(-c3cccnc3)cc2)c([N+](=O)[O-])c1)N1CCOCC1. The fourth-order valence-corrected chi connectivity index (χ4v) is 3.46. The number of nitro benzene ring substituents is 1. The van der Waals surface area contributed by atoms with E-state index in [4.69, 9.17) is 4.74 Å². The average molecular weight is 418 g/mol. The molecule has 8 nitrogen and oxygen atoms in total. The summed E-state index contributed by atoms with van der Waals surface area (Å²) in [6.45, 7) is 2.36. The summed E-state index contributed by atoms with van der Waals surface area (Å²) in [4.78, 5) is 29.5. The minimum Gasteiger partial charge on any atom is -0.378 e. The van der Waals surface area contributed by atoms with Crippen molar-refractivity contribution in [3.05, 3.63) is 88.2 Å². The molecule has 31 heavy (non-hydrogen) atoms. The van der Waals surface area contributed by atoms with Gasteiger partial charge in [0.15, 0.2) is 0 Å². The van der Waals surface area contributed by atoms with E-state index in [9.17, 15) is 14.9 Å². The molecule has 0 saturated carbocycles. The van der Waals surface area contributed by atoms with Gasteiger partial charge in [-0.1, -0.05) is 30.3 Å². The molecule has 2 heterocycles. The van der Waals surface area contributed by atoms with Gasteiger partial charge in [0.25, 0.3) is 11.6 Å². The smallest absolute Gasteiger partial charge is 0.293 e. The summed E-state index contributed by atoms with van der Waals surface area (Å²) in [5, 5.41) is 14.7. The highest BCUT2D eigenvalue weighted by Gasteiger charge is 2.22. The Morgan fingerprint density at radius 3 is 2.55 bits per heavy atom. The van der Waals surface area contributed by atoms with Crippen LogP contribution < -0.4 is 5.32 Å². The van der Waals surface area contributed by atoms with Gasteiger partial charge in [-0.25, -0.2) is 0 Å². The number of ether oxygens (including phenoxy) is 1. The summed E-state index contributed by atoms with van der Waals surface area (Å²) in [6, 6.07) is 16.4. The normalized spacial score (nSPS) is 13.6. The van der Waals surface area contributed by atoms with Crippen molar-refractivity contribution in [3.63, 3.8) is 0 Å². The number of benzene rings is 2. The topological polar surface area (TPSA) is 97.6 Å². The van der Waals surface area contributed by atoms with Gasteiger partial charge in [0.05, 0.1) is 18.1 Å². The number of rotatable bonds is 6. The molecule has 0 unspecified atom stereocenters. The van der Waals surface area contributed by atoms with Crippen LogP contribution in [0.5, 0.6) is 0 Å². The van der Waals surface area contributed by atoms with Gasteiger partial charge in [-0.15, -0.1) is 0 Å². The molecule has 0 bridgehead atoms. The predicted octanol–water partition coefficient (Wildman–Crippen LogP) is 3.74. The van der Waals surface area contributed by atoms with Crippen molar-refractivity contribution in [2.24, 2.45) is 0 Å². The third-order valence-electron chi connectivity index (χ3n) is 5.17. The molecule has 8 heteroatoms. The highest BCUT2D eigenvalue weighted by atomic mass is 16.6. The second-order valence-electron chi connectivity index (χ2n) is 7.19. The third kappa shape index (κ3) is 4.87. The second-order valence-corrected chi connectivity index (χ2v) is 7.19. The molecule has 1 aromatic heterocycles. The van der Waals surface area contributed by atoms with Crippen molar-refractivity contribution < 1.29 is 14.5 Å². The number of hydrogen-bond acceptors (Lipinski definition) is 6. The first-order valence-corrected chi connectivity index (χ1v) is 10.0. The van der Waals surface area contributed by atoms with Gasteiger partial charge in [-0.2, -0.15) is 0 Å². The summed E-state index contributed by atoms with van der Waals surface area (Å²) in [5.74, 6) is -0.219. The van der Waals surface area contributed by atoms with Crippen LogP contribution in [0.1, 0.15) is 15.9 Å². The number of amides is 1. The van der Waals surface area contributed by atoms with Crippen LogP contribution in [-0.2, 0) is 11.3 Å². The van der Waals surface area contributed by atoms with E-state index in [1.54, 1.807) is 29.4 Å². The minimum atomic E-state index is -0.468. The molecule has 4 rings (SSSR count). The summed E-state index contributed by atoms with van der Waals surface area (Å²) < 4.78 is 5.26. The van der Waals surface area contributed by atoms with Gasteiger partial charge in [-0.3, -0.25) is 19.9 Å². The first-order chi connectivity index (χ1) is 15.1. The second kappa shape index (κ2) is 9.36. The quantitative estimate of drug-likeness (QED) is 0.484. The van der Waals surface area contributed by atoms with Gasteiger partial charge < -0.3 is 15.0 Å². The molecular formula is C23H22N4O4. The van der Waals surface area contributed by atoms with Crippen LogP contribution >= 0.6 is 0 Å². The number of pyridine rings is 1. The zero-order valence-electron chi connectivity index (χ0n) is 16.9. The van der Waals surface area contributed by atoms with Crippen LogP contribution in [0.25, 0.3) is 11.1 Å². The van der Waals surface area contributed by atoms with E-state index in [2.05, 4.69) is 10.3 Å². The first-order valence-electron chi connectivity index (χ1n) is 10.0. The molecule has 0 radical (unpaired) electrons. The number of morpholine rings is 1. The lowest BCUT2D eigenvalue weighted by atomic mass is 10.1. The average Bonchev–Trinajstić information content (AvgIpc) is 2.83. The highest BCUT2D eigenvalue weighted by Crippen LogP contribution is 2.27. The fourth-order valence-electron chi connectivity index (χ4n) is 3.46. The molecule has 1 N–H and O–H groups in total. The summed E-state index contributed by atoms with van der Waals surface area (Å²) in [7, 11) is 0. The van der Waals surface area contributed by atoms with Crippen LogP contribution in [0.4, 0.5) is 11.4 Å². The van der Waals surface area contributed by atoms with E-state index in [-0.39, 0.29) is 11.6 Å². The molecule has 1 fully saturated rings. The lowest BCUT2D eigenvalue weighted by Crippen LogP contribution is -2.40. The van der Waals surface area contributed by atoms with Crippen molar-refractivity contribution in [2.45, 2.75) is 6.54 Å². The highest BCUT2D eigenvalue weighted by molar-refractivity contribution is 5.95. The van der Waals surface area contributed by atoms with Crippen molar-refractivity contribution in [2.75, 3.05) is 31.6 Å². The van der Waals surface area contributed by atoms with E-state index in [0.29, 0.717) is 44.1 Å². The van der Waals surface area contributed by atoms with E-state index in [0.717, 1.165) is 16.7 Å². The zero-order chi connectivity index (χ0) is 21.6. The Hall–Kier alpha value is -3.78. The van der Waals surface area contributed by atoms with Crippen molar-refractivity contribution in [3.8, 4) is 11.1 Å². The molecule has 1 amide bonds. The van der Waals surface area contributed by atoms with Gasteiger partial charge in [-0.05, 0) is 34.9 Å². The molecule has 0 spiro atoms. The lowest BCUT2D eigenvalue weighted by molar-refractivity contribution is -0.384. The van der Waals surface area contributed by atoms with Crippen LogP contribution in [0.15, 0.2) is 67.0 Å². The summed E-state index contributed by atoms with van der Waals surface area (Å²) >= 11 is 0. The number of carbonyl (C=O) groups excluding carboxylic acids is 1. The molecule has 0 atom stereocenters. The van der Waals surface area contributed by atoms with Gasteiger partial charge in [0.2, 0.25) is 0 Å². The maximum absolute atomic E-state index is 12.6. The van der Waals surface area contributed by atoms with E-state index in [1.807, 2.05) is 36.4 Å². The Balaban J connectivity index is 1.46. The largest absolute Gasteiger partial charge is 0.378 e. The number of nitro groups is 1. The minimum absolute atomic E-state index is 0.119. The van der Waals surface area contributed by atoms with E-state index < -0.39 is 4.92 Å². The molecule has 2 aromatic carbocycles. The van der Waals surface area contributed by atoms with Crippen LogP contribution in [0.2, 0.25) is 0 Å². The molecular weight excluding hydrogens is 396 g/mol. The van der Waals surface area contributed by atoms with Crippen molar-refractivity contribution in [1.29, 1.82) is 0 Å². The molecule has 1 saturated heterocycles. The maximum Gasteiger partial charge on any atom is 0.293 e. The fraction of sp³-hybridized carbons (Fsp3) is 0.217. The maximum atomic E-state index is 12.6. The number of aromatic nitrogens is 1. The molecule has 0 aliphatic carbocycles. The third-order valence-corrected chi connectivity index (χ3v) is 5.17. The molecule has 158 valence electrons. The van der Waals surface area contributed by atoms with Crippen LogP contribution in [0.3, 0.4) is 0 Å². The number of carbonyl (C=O) groups is 1. The lowest BCUT2D eigenvalue weighted by Gasteiger charge is -2.26. The Morgan fingerprint density at radius 1 is 1.10 bits per heavy atom. The van der Waals surface area contributed by atoms with Crippen molar-refractivity contribution >= 4 is 17.3 Å². The first kappa shape index (κ1) is 20.5. The van der Waals surface area contributed by atoms with Gasteiger partial charge >= 0.3 is 0 Å². The number of hydrogen-bond donors (Lipinski definition) is 1. The molecule has 3 aromatic rings. The van der Waals surface area contributed by atoms with Crippen molar-refractivity contribution in [1.82, 2.24) is 9.88 Å². The Labute approximate surface area is 179 Å². The Bertz CT molecular complexity index is 1060. The molecule has 1 aliphatic heterocycles. The standard InChI is InChI=1S/C23H22N4O4/c28-23(26-10-12-31-13-11-26)19-7-8-21(22(14-19)27(29)30)25-15-17-3-5-18(6-4-17)20-2-1-9-24-16-20/h1-9,14,16,25H,10-13,15H2. The zero-order valence-corrected chi connectivity index (χ0v) is 16.9. The van der Waals surface area contributed by atoms with Crippen LogP contribution in [-0.4, -0.2) is 47.0 Å². The van der Waals surface area contributed by atoms with Crippen LogP contribution in [0, 0.1) is 10.1 Å². The monoisotopic (exact) mass is 418 g/mol. The number of nitrogens with zero attached hydrogens (tertiary/aromatic N) is 3. The number of nitrogens with one attached hydrogen (secondary N) is 1. The summed E-state index contributed by atoms with van der Waals surface area (Å²) in [6.07, 6.45) is 3.53.